The zero-order valence-electron chi connectivity index (χ0n) is 10.6. The van der Waals surface area contributed by atoms with E-state index in [9.17, 15) is 4.79 Å². The third kappa shape index (κ3) is 5.01. The second kappa shape index (κ2) is 7.09. The standard InChI is InChI=1S/C13H23NO2.H2/c1-6-13(7-2,9-11(4)5)10-16-12(15)14-8-3;/h6-7,11H,1-2,8-10H2,3-5H3,(H,14,15);1H. The molecule has 0 fully saturated rings. The van der Waals surface area contributed by atoms with Crippen molar-refractivity contribution in [3.63, 3.8) is 0 Å². The summed E-state index contributed by atoms with van der Waals surface area (Å²) < 4.78 is 5.14. The fourth-order valence-electron chi connectivity index (χ4n) is 1.58. The number of carbonyl (C=O) groups excluding carboxylic acids is 1. The first-order chi connectivity index (χ1) is 7.49. The van der Waals surface area contributed by atoms with Crippen molar-refractivity contribution in [1.82, 2.24) is 5.32 Å². The highest BCUT2D eigenvalue weighted by atomic mass is 16.5. The second-order valence-corrected chi connectivity index (χ2v) is 4.35. The van der Waals surface area contributed by atoms with E-state index in [1.165, 1.54) is 0 Å². The van der Waals surface area contributed by atoms with Crippen LogP contribution < -0.4 is 5.32 Å². The number of rotatable bonds is 7. The van der Waals surface area contributed by atoms with Crippen molar-refractivity contribution in [3.05, 3.63) is 25.3 Å². The number of hydrogen-bond donors (Lipinski definition) is 1. The van der Waals surface area contributed by atoms with Crippen molar-refractivity contribution >= 4 is 6.09 Å². The number of hydrogen-bond acceptors (Lipinski definition) is 2. The van der Waals surface area contributed by atoms with Crippen LogP contribution in [0.25, 0.3) is 0 Å². The Hall–Kier alpha value is -1.25. The van der Waals surface area contributed by atoms with Crippen LogP contribution in [0.15, 0.2) is 25.3 Å². The third-order valence-corrected chi connectivity index (χ3v) is 2.39. The molecule has 0 unspecified atom stereocenters. The Balaban J connectivity index is 0. The van der Waals surface area contributed by atoms with Crippen LogP contribution in [0.5, 0.6) is 0 Å². The molecule has 94 valence electrons. The van der Waals surface area contributed by atoms with Crippen molar-refractivity contribution in [2.45, 2.75) is 27.2 Å². The number of amides is 1. The SMILES string of the molecule is C=CC(C=C)(COC(=O)NCC)CC(C)C.[HH]. The molecule has 0 bridgehead atoms. The zero-order chi connectivity index (χ0) is 12.6. The van der Waals surface area contributed by atoms with E-state index in [0.29, 0.717) is 19.1 Å². The lowest BCUT2D eigenvalue weighted by Crippen LogP contribution is -2.30. The van der Waals surface area contributed by atoms with E-state index in [0.717, 1.165) is 6.42 Å². The molecule has 1 N–H and O–H groups in total. The summed E-state index contributed by atoms with van der Waals surface area (Å²) in [6, 6.07) is 0. The average molecular weight is 227 g/mol. The first-order valence-corrected chi connectivity index (χ1v) is 5.67. The number of carbonyl (C=O) groups is 1. The predicted octanol–water partition coefficient (Wildman–Crippen LogP) is 3.38. The highest BCUT2D eigenvalue weighted by molar-refractivity contribution is 5.67. The summed E-state index contributed by atoms with van der Waals surface area (Å²) in [7, 11) is 0. The molecule has 0 aromatic carbocycles. The lowest BCUT2D eigenvalue weighted by atomic mass is 9.81. The molecule has 0 aliphatic carbocycles. The molecule has 0 spiro atoms. The minimum atomic E-state index is -0.390. The van der Waals surface area contributed by atoms with E-state index in [2.05, 4.69) is 32.3 Å². The van der Waals surface area contributed by atoms with Crippen LogP contribution in [0.4, 0.5) is 4.79 Å². The molecule has 16 heavy (non-hydrogen) atoms. The quantitative estimate of drug-likeness (QED) is 0.677. The predicted molar refractivity (Wildman–Crippen MR) is 69.4 cm³/mol. The first kappa shape index (κ1) is 14.8. The van der Waals surface area contributed by atoms with Crippen LogP contribution in [0.2, 0.25) is 0 Å². The van der Waals surface area contributed by atoms with Crippen molar-refractivity contribution in [3.8, 4) is 0 Å². The van der Waals surface area contributed by atoms with Gasteiger partial charge in [-0.2, -0.15) is 0 Å². The van der Waals surface area contributed by atoms with Gasteiger partial charge in [0.25, 0.3) is 0 Å². The summed E-state index contributed by atoms with van der Waals surface area (Å²) in [5, 5.41) is 2.59. The Morgan fingerprint density at radius 1 is 1.50 bits per heavy atom. The van der Waals surface area contributed by atoms with Gasteiger partial charge in [-0.15, -0.1) is 13.2 Å². The Morgan fingerprint density at radius 2 is 2.06 bits per heavy atom. The Bertz CT molecular complexity index is 244. The summed E-state index contributed by atoms with van der Waals surface area (Å²) in [5.74, 6) is 0.494. The molecule has 0 atom stereocenters. The number of ether oxygens (including phenoxy) is 1. The number of alkyl carbamates (subject to hydrolysis) is 1. The van der Waals surface area contributed by atoms with Gasteiger partial charge in [-0.1, -0.05) is 26.0 Å². The van der Waals surface area contributed by atoms with E-state index in [4.69, 9.17) is 4.74 Å². The molecule has 3 heteroatoms. The smallest absolute Gasteiger partial charge is 0.407 e. The second-order valence-electron chi connectivity index (χ2n) is 4.35. The fourth-order valence-corrected chi connectivity index (χ4v) is 1.58. The monoisotopic (exact) mass is 227 g/mol. The van der Waals surface area contributed by atoms with Gasteiger partial charge >= 0.3 is 6.09 Å². The molecule has 0 aromatic heterocycles. The van der Waals surface area contributed by atoms with Crippen LogP contribution in [-0.4, -0.2) is 19.2 Å². The topological polar surface area (TPSA) is 38.3 Å². The van der Waals surface area contributed by atoms with Gasteiger partial charge in [0.05, 0.1) is 0 Å². The van der Waals surface area contributed by atoms with Crippen molar-refractivity contribution in [2.24, 2.45) is 11.3 Å². The lowest BCUT2D eigenvalue weighted by molar-refractivity contribution is 0.112. The zero-order valence-corrected chi connectivity index (χ0v) is 10.6. The van der Waals surface area contributed by atoms with Gasteiger partial charge in [0.1, 0.15) is 6.61 Å². The molecule has 0 rings (SSSR count). The van der Waals surface area contributed by atoms with Crippen LogP contribution in [0, 0.1) is 11.3 Å². The van der Waals surface area contributed by atoms with Crippen LogP contribution in [0.3, 0.4) is 0 Å². The van der Waals surface area contributed by atoms with E-state index in [1.54, 1.807) is 12.2 Å². The maximum absolute atomic E-state index is 11.2. The largest absolute Gasteiger partial charge is 0.448 e. The molecule has 0 aliphatic heterocycles. The lowest BCUT2D eigenvalue weighted by Gasteiger charge is -2.28. The Labute approximate surface area is 100 Å². The summed E-state index contributed by atoms with van der Waals surface area (Å²) >= 11 is 0. The molecule has 0 saturated carbocycles. The number of nitrogens with one attached hydrogen (secondary N) is 1. The molecular formula is C13H25NO2. The maximum atomic E-state index is 11.2. The third-order valence-electron chi connectivity index (χ3n) is 2.39. The van der Waals surface area contributed by atoms with Gasteiger partial charge < -0.3 is 10.1 Å². The summed E-state index contributed by atoms with van der Waals surface area (Å²) in [6.45, 7) is 14.5. The van der Waals surface area contributed by atoms with Gasteiger partial charge in [0.15, 0.2) is 0 Å². The first-order valence-electron chi connectivity index (χ1n) is 5.67. The van der Waals surface area contributed by atoms with Crippen molar-refractivity contribution < 1.29 is 11.0 Å². The highest BCUT2D eigenvalue weighted by Crippen LogP contribution is 2.29. The van der Waals surface area contributed by atoms with E-state index in [-0.39, 0.29) is 12.9 Å². The molecule has 0 aromatic rings. The van der Waals surface area contributed by atoms with Crippen LogP contribution >= 0.6 is 0 Å². The minimum absolute atomic E-state index is 0. The average Bonchev–Trinajstić information content (AvgIpc) is 2.24. The maximum Gasteiger partial charge on any atom is 0.407 e. The highest BCUT2D eigenvalue weighted by Gasteiger charge is 2.25. The Kier molecular flexibility index (Phi) is 6.54. The molecule has 3 nitrogen and oxygen atoms in total. The summed E-state index contributed by atoms with van der Waals surface area (Å²) in [5.41, 5.74) is -0.320. The van der Waals surface area contributed by atoms with E-state index >= 15 is 0 Å². The van der Waals surface area contributed by atoms with Crippen LogP contribution in [0.1, 0.15) is 28.6 Å². The van der Waals surface area contributed by atoms with E-state index in [1.807, 2.05) is 6.92 Å². The Morgan fingerprint density at radius 3 is 2.44 bits per heavy atom. The van der Waals surface area contributed by atoms with E-state index < -0.39 is 0 Å². The van der Waals surface area contributed by atoms with Gasteiger partial charge in [0.2, 0.25) is 0 Å². The van der Waals surface area contributed by atoms with Crippen LogP contribution in [-0.2, 0) is 4.74 Å². The summed E-state index contributed by atoms with van der Waals surface area (Å²) in [6.07, 6.45) is 4.09. The van der Waals surface area contributed by atoms with Gasteiger partial charge in [-0.3, -0.25) is 0 Å². The summed E-state index contributed by atoms with van der Waals surface area (Å²) in [4.78, 5) is 11.2. The molecule has 0 saturated heterocycles. The van der Waals surface area contributed by atoms with Gasteiger partial charge in [-0.25, -0.2) is 4.79 Å². The molecule has 1 amide bonds. The molecule has 0 radical (unpaired) electrons. The fraction of sp³-hybridized carbons (Fsp3) is 0.615. The van der Waals surface area contributed by atoms with Crippen molar-refractivity contribution in [2.75, 3.05) is 13.2 Å². The van der Waals surface area contributed by atoms with Crippen molar-refractivity contribution in [1.29, 1.82) is 0 Å². The molecular weight excluding hydrogens is 202 g/mol. The van der Waals surface area contributed by atoms with Gasteiger partial charge in [-0.05, 0) is 19.3 Å². The molecule has 0 heterocycles. The van der Waals surface area contributed by atoms with Gasteiger partial charge in [0, 0.05) is 13.4 Å². The minimum Gasteiger partial charge on any atom is -0.448 e. The normalized spacial score (nSPS) is 11.0. The molecule has 0 aliphatic rings.